The molecule has 1 unspecified atom stereocenters. The number of hydrogen-bond donors (Lipinski definition) is 4. The van der Waals surface area contributed by atoms with Gasteiger partial charge >= 0.3 is 0 Å². The summed E-state index contributed by atoms with van der Waals surface area (Å²) in [6.07, 6.45) is 5.83. The van der Waals surface area contributed by atoms with Crippen molar-refractivity contribution in [3.63, 3.8) is 0 Å². The van der Waals surface area contributed by atoms with E-state index in [9.17, 15) is 15.0 Å². The van der Waals surface area contributed by atoms with Crippen molar-refractivity contribution in [2.24, 2.45) is 39.3 Å². The first kappa shape index (κ1) is 20.8. The van der Waals surface area contributed by atoms with Gasteiger partial charge in [0, 0.05) is 30.8 Å². The molecule has 1 aliphatic heterocycles. The van der Waals surface area contributed by atoms with Crippen LogP contribution in [0.15, 0.2) is 16.1 Å². The molecule has 7 heteroatoms. The van der Waals surface area contributed by atoms with E-state index >= 15 is 0 Å². The van der Waals surface area contributed by atoms with Crippen molar-refractivity contribution < 1.29 is 19.9 Å². The molecule has 3 fully saturated rings. The summed E-state index contributed by atoms with van der Waals surface area (Å²) in [5.41, 5.74) is 8.07. The highest BCUT2D eigenvalue weighted by atomic mass is 16.4. The number of piperidine rings is 1. The lowest BCUT2D eigenvalue weighted by atomic mass is 9.45. The van der Waals surface area contributed by atoms with Gasteiger partial charge in [-0.2, -0.15) is 0 Å². The molecule has 4 aliphatic rings. The van der Waals surface area contributed by atoms with Crippen LogP contribution >= 0.6 is 0 Å². The number of likely N-dealkylation sites (tertiary alicyclic amines) is 1. The Morgan fingerprint density at radius 3 is 2.90 bits per heavy atom. The zero-order valence-corrected chi connectivity index (χ0v) is 17.8. The molecule has 1 heterocycles. The van der Waals surface area contributed by atoms with E-state index in [1.54, 1.807) is 7.05 Å². The van der Waals surface area contributed by atoms with Crippen LogP contribution in [0.4, 0.5) is 0 Å². The number of carbonyl (C=O) groups excluding carboxylic acids is 1. The molecule has 2 spiro atoms. The third-order valence-electron chi connectivity index (χ3n) is 9.03. The topological polar surface area (TPSA) is 115 Å². The molecular formula is C22H36N4O3. The van der Waals surface area contributed by atoms with E-state index in [-0.39, 0.29) is 17.4 Å². The molecule has 0 aromatic carbocycles. The number of hydrogen-bond acceptors (Lipinski definition) is 5. The molecule has 0 aromatic rings. The Bertz CT molecular complexity index is 736. The first-order chi connectivity index (χ1) is 13.9. The number of nitrogens with two attached hydrogens (primary N) is 1. The fraction of sp³-hybridized carbons (Fsp3) is 0.818. The lowest BCUT2D eigenvalue weighted by Gasteiger charge is -2.60. The Balaban J connectivity index is 1.82. The summed E-state index contributed by atoms with van der Waals surface area (Å²) in [6, 6.07) is 0. The van der Waals surface area contributed by atoms with E-state index in [0.717, 1.165) is 45.3 Å². The Labute approximate surface area is 173 Å². The van der Waals surface area contributed by atoms with E-state index in [1.807, 2.05) is 0 Å². The largest absolute Gasteiger partial charge is 0.545 e. The van der Waals surface area contributed by atoms with Crippen LogP contribution in [-0.4, -0.2) is 56.9 Å². The number of carboxylic acids is 1. The zero-order valence-electron chi connectivity index (χ0n) is 17.8. The highest BCUT2D eigenvalue weighted by Gasteiger charge is 2.72. The number of carboxylic acid groups (broad SMARTS) is 1. The summed E-state index contributed by atoms with van der Waals surface area (Å²) in [5.74, 6) is 1.12. The van der Waals surface area contributed by atoms with Gasteiger partial charge in [0.1, 0.15) is 0 Å². The molecule has 2 saturated carbocycles. The number of nitrogens with zero attached hydrogens (tertiary/aromatic N) is 1. The van der Waals surface area contributed by atoms with Crippen LogP contribution in [-0.2, 0) is 4.79 Å². The highest BCUT2D eigenvalue weighted by molar-refractivity contribution is 5.87. The van der Waals surface area contributed by atoms with Crippen LogP contribution in [0.25, 0.3) is 0 Å². The summed E-state index contributed by atoms with van der Waals surface area (Å²) in [6.45, 7) is 5.83. The van der Waals surface area contributed by atoms with E-state index < -0.39 is 5.97 Å². The lowest BCUT2D eigenvalue weighted by molar-refractivity contribution is -0.828. The number of quaternary nitrogens is 1. The van der Waals surface area contributed by atoms with Crippen molar-refractivity contribution in [2.75, 3.05) is 39.8 Å². The molecule has 5 N–H and O–H groups in total. The average Bonchev–Trinajstić information content (AvgIpc) is 3.16. The first-order valence-electron chi connectivity index (χ1n) is 11.2. The minimum absolute atomic E-state index is 0.0303. The van der Waals surface area contributed by atoms with E-state index in [1.165, 1.54) is 16.9 Å². The molecule has 0 radical (unpaired) electrons. The molecule has 3 aliphatic carbocycles. The average molecular weight is 405 g/mol. The second-order valence-corrected chi connectivity index (χ2v) is 9.69. The number of nitrogens with one attached hydrogen (secondary N) is 2. The van der Waals surface area contributed by atoms with Gasteiger partial charge in [-0.3, -0.25) is 4.90 Å². The maximum Gasteiger partial charge on any atom is 0.293 e. The number of allylic oxidation sites excluding steroid dienone is 1. The van der Waals surface area contributed by atoms with Gasteiger partial charge in [-0.25, -0.2) is 4.99 Å². The number of aliphatic hydroxyl groups is 1. The number of rotatable bonds is 5. The fourth-order valence-electron chi connectivity index (χ4n) is 8.00. The van der Waals surface area contributed by atoms with Crippen molar-refractivity contribution >= 4 is 11.9 Å². The Morgan fingerprint density at radius 2 is 2.21 bits per heavy atom. The molecule has 29 heavy (non-hydrogen) atoms. The minimum Gasteiger partial charge on any atom is -0.545 e. The van der Waals surface area contributed by atoms with Crippen molar-refractivity contribution in [2.45, 2.75) is 45.4 Å². The predicted molar refractivity (Wildman–Crippen MR) is 109 cm³/mol. The fourth-order valence-corrected chi connectivity index (χ4v) is 8.00. The Morgan fingerprint density at radius 1 is 1.41 bits per heavy atom. The number of carbonyl (C=O) groups is 1. The number of guanidine groups is 1. The summed E-state index contributed by atoms with van der Waals surface area (Å²) in [4.78, 5) is 17.5. The number of aliphatic carboxylic acids is 1. The van der Waals surface area contributed by atoms with Crippen LogP contribution in [0.5, 0.6) is 0 Å². The molecule has 162 valence electrons. The van der Waals surface area contributed by atoms with Gasteiger partial charge in [-0.15, -0.1) is 0 Å². The van der Waals surface area contributed by atoms with Crippen molar-refractivity contribution in [3.05, 3.63) is 11.1 Å². The van der Waals surface area contributed by atoms with Crippen LogP contribution in [0.3, 0.4) is 0 Å². The third-order valence-corrected chi connectivity index (χ3v) is 9.03. The van der Waals surface area contributed by atoms with Gasteiger partial charge < -0.3 is 26.1 Å². The Kier molecular flexibility index (Phi) is 5.51. The first-order valence-corrected chi connectivity index (χ1v) is 11.2. The van der Waals surface area contributed by atoms with E-state index in [4.69, 9.17) is 5.73 Å². The molecular weight excluding hydrogens is 368 g/mol. The summed E-state index contributed by atoms with van der Waals surface area (Å²) in [7, 11) is 1.76. The smallest absolute Gasteiger partial charge is 0.293 e. The maximum absolute atomic E-state index is 12.0. The van der Waals surface area contributed by atoms with Crippen LogP contribution in [0, 0.1) is 28.6 Å². The summed E-state index contributed by atoms with van der Waals surface area (Å²) >= 11 is 0. The molecule has 7 nitrogen and oxygen atoms in total. The van der Waals surface area contributed by atoms with E-state index in [2.05, 4.69) is 17.2 Å². The van der Waals surface area contributed by atoms with Crippen LogP contribution < -0.4 is 21.1 Å². The summed E-state index contributed by atoms with van der Waals surface area (Å²) in [5, 5.41) is 24.7. The molecule has 0 aromatic heterocycles. The zero-order chi connectivity index (χ0) is 20.8. The molecule has 6 atom stereocenters. The maximum atomic E-state index is 12.0. The van der Waals surface area contributed by atoms with E-state index in [0.29, 0.717) is 42.3 Å². The highest BCUT2D eigenvalue weighted by Crippen LogP contribution is 2.75. The van der Waals surface area contributed by atoms with Crippen LogP contribution in [0.2, 0.25) is 0 Å². The Hall–Kier alpha value is -1.44. The van der Waals surface area contributed by atoms with Gasteiger partial charge in [0.15, 0.2) is 0 Å². The van der Waals surface area contributed by atoms with Gasteiger partial charge in [0.05, 0.1) is 25.7 Å². The third kappa shape index (κ3) is 2.81. The minimum atomic E-state index is -0.962. The van der Waals surface area contributed by atoms with Crippen molar-refractivity contribution in [1.82, 2.24) is 5.32 Å². The lowest BCUT2D eigenvalue weighted by Crippen LogP contribution is -3.19. The van der Waals surface area contributed by atoms with Gasteiger partial charge in [0.25, 0.3) is 5.96 Å². The normalized spacial score (nSPS) is 41.8. The SMILES string of the molecule is CN=C(N)[NH+]1CC[C@H](CNCCO)[C@@]2(C1)[C@@H]1CC[C@@H](C)[C@]23CCC(C(=O)[O-])=C3C1. The van der Waals surface area contributed by atoms with Gasteiger partial charge in [-0.05, 0) is 62.0 Å². The summed E-state index contributed by atoms with van der Waals surface area (Å²) < 4.78 is 0. The van der Waals surface area contributed by atoms with Crippen LogP contribution in [0.1, 0.15) is 45.4 Å². The second-order valence-electron chi connectivity index (χ2n) is 9.69. The monoisotopic (exact) mass is 404 g/mol. The molecule has 4 rings (SSSR count). The predicted octanol–water partition coefficient (Wildman–Crippen LogP) is -1.32. The standard InChI is InChI=1S/C22H36N4O3/c1-14-3-4-15-11-18-17(19(28)29)5-7-21(14,18)22(15)13-26(20(23)24-2)9-6-16(22)12-25-8-10-27/h14-16,25,27H,3-13H2,1-2H3,(H2,23,24)(H,28,29)/t14-,15-,16-,21+,22-/m1/s1. The number of aliphatic hydroxyl groups excluding tert-OH is 1. The molecule has 0 amide bonds. The van der Waals surface area contributed by atoms with Crippen molar-refractivity contribution in [3.8, 4) is 0 Å². The van der Waals surface area contributed by atoms with Gasteiger partial charge in [0.2, 0.25) is 0 Å². The quantitative estimate of drug-likeness (QED) is 0.258. The van der Waals surface area contributed by atoms with Gasteiger partial charge in [-0.1, -0.05) is 12.5 Å². The van der Waals surface area contributed by atoms with Crippen molar-refractivity contribution in [1.29, 1.82) is 0 Å². The molecule has 2 bridgehead atoms. The second kappa shape index (κ2) is 7.67. The molecule has 1 saturated heterocycles. The number of aliphatic imine (C=N–C) groups is 1.